The highest BCUT2D eigenvalue weighted by molar-refractivity contribution is 5.65. The van der Waals surface area contributed by atoms with Gasteiger partial charge in [-0.2, -0.15) is 0 Å². The van der Waals surface area contributed by atoms with E-state index in [1.165, 1.54) is 6.92 Å². The van der Waals surface area contributed by atoms with Gasteiger partial charge in [0.1, 0.15) is 0 Å². The third-order valence-electron chi connectivity index (χ3n) is 1.63. The van der Waals surface area contributed by atoms with E-state index in [-0.39, 0.29) is 5.97 Å². The lowest BCUT2D eigenvalue weighted by Crippen LogP contribution is -1.99. The summed E-state index contributed by atoms with van der Waals surface area (Å²) in [7, 11) is 0. The van der Waals surface area contributed by atoms with Gasteiger partial charge in [-0.05, 0) is 49.5 Å². The molecule has 0 aliphatic carbocycles. The Morgan fingerprint density at radius 1 is 1.17 bits per heavy atom. The number of rotatable bonds is 5. The van der Waals surface area contributed by atoms with Crippen LogP contribution in [0.5, 0.6) is 0 Å². The molecular weight excluding hydrogens is 224 g/mol. The van der Waals surface area contributed by atoms with E-state index >= 15 is 0 Å². The van der Waals surface area contributed by atoms with Crippen LogP contribution in [0.1, 0.15) is 26.7 Å². The molecule has 0 fully saturated rings. The molecule has 0 atom stereocenters. The molecule has 0 saturated carbocycles. The highest BCUT2D eigenvalue weighted by Gasteiger charge is 1.89. The number of hydrogen-bond acceptors (Lipinski definition) is 2. The fourth-order valence-electron chi connectivity index (χ4n) is 0.898. The van der Waals surface area contributed by atoms with E-state index < -0.39 is 0 Å². The number of hydrogen-bond donors (Lipinski definition) is 0. The van der Waals surface area contributed by atoms with Crippen LogP contribution in [0.2, 0.25) is 0 Å². The quantitative estimate of drug-likeness (QED) is 0.319. The maximum absolute atomic E-state index is 10.5. The number of carbonyl (C=O) groups is 1. The van der Waals surface area contributed by atoms with Gasteiger partial charge in [-0.15, -0.1) is 0 Å². The molecular formula is C16H16O2. The van der Waals surface area contributed by atoms with Crippen molar-refractivity contribution in [2.75, 3.05) is 6.61 Å². The van der Waals surface area contributed by atoms with E-state index in [0.717, 1.165) is 12.8 Å². The van der Waals surface area contributed by atoms with Crippen LogP contribution in [0.15, 0.2) is 24.3 Å². The molecule has 0 aliphatic heterocycles. The highest BCUT2D eigenvalue weighted by atomic mass is 16.5. The van der Waals surface area contributed by atoms with Crippen LogP contribution in [-0.2, 0) is 9.53 Å². The van der Waals surface area contributed by atoms with Crippen LogP contribution in [0.4, 0.5) is 0 Å². The van der Waals surface area contributed by atoms with Crippen molar-refractivity contribution in [3.8, 4) is 35.5 Å². The van der Waals surface area contributed by atoms with Gasteiger partial charge < -0.3 is 4.74 Å². The second kappa shape index (κ2) is 12.7. The van der Waals surface area contributed by atoms with Crippen LogP contribution < -0.4 is 0 Å². The average Bonchev–Trinajstić information content (AvgIpc) is 2.34. The van der Waals surface area contributed by atoms with E-state index in [1.54, 1.807) is 13.0 Å². The molecule has 0 aromatic carbocycles. The van der Waals surface area contributed by atoms with Crippen LogP contribution in [0.25, 0.3) is 0 Å². The molecule has 0 spiro atoms. The largest absolute Gasteiger partial charge is 0.466 e. The minimum absolute atomic E-state index is 0.233. The summed E-state index contributed by atoms with van der Waals surface area (Å²) >= 11 is 0. The third-order valence-corrected chi connectivity index (χ3v) is 1.63. The highest BCUT2D eigenvalue weighted by Crippen LogP contribution is 1.92. The molecule has 2 nitrogen and oxygen atoms in total. The first-order valence-electron chi connectivity index (χ1n) is 5.64. The Hall–Kier alpha value is -2.37. The van der Waals surface area contributed by atoms with E-state index in [4.69, 9.17) is 4.74 Å². The maximum atomic E-state index is 10.5. The zero-order valence-corrected chi connectivity index (χ0v) is 10.7. The molecule has 2 heteroatoms. The predicted molar refractivity (Wildman–Crippen MR) is 73.1 cm³/mol. The van der Waals surface area contributed by atoms with E-state index in [2.05, 4.69) is 35.5 Å². The van der Waals surface area contributed by atoms with Gasteiger partial charge >= 0.3 is 5.97 Å². The van der Waals surface area contributed by atoms with Gasteiger partial charge in [0.05, 0.1) is 6.61 Å². The maximum Gasteiger partial charge on any atom is 0.302 e. The Balaban J connectivity index is 3.66. The van der Waals surface area contributed by atoms with E-state index in [9.17, 15) is 4.79 Å². The van der Waals surface area contributed by atoms with Crippen molar-refractivity contribution in [1.29, 1.82) is 0 Å². The van der Waals surface area contributed by atoms with E-state index in [1.807, 2.05) is 18.2 Å². The number of allylic oxidation sites excluding steroid dienone is 4. The monoisotopic (exact) mass is 240 g/mol. The minimum atomic E-state index is -0.233. The Labute approximate surface area is 109 Å². The van der Waals surface area contributed by atoms with Crippen molar-refractivity contribution in [1.82, 2.24) is 0 Å². The van der Waals surface area contributed by atoms with Gasteiger partial charge in [0.2, 0.25) is 0 Å². The van der Waals surface area contributed by atoms with Crippen molar-refractivity contribution < 1.29 is 9.53 Å². The smallest absolute Gasteiger partial charge is 0.302 e. The standard InChI is InChI=1S/C16H16O2/c1-3-4-5-6-7-8-9-10-11-12-13-14-15-18-16(2)17/h9-12H,13-15H2,1-2H3/b10-9+,12-11+. The molecule has 92 valence electrons. The molecule has 0 aromatic heterocycles. The topological polar surface area (TPSA) is 26.3 Å². The van der Waals surface area contributed by atoms with Crippen molar-refractivity contribution in [2.24, 2.45) is 0 Å². The Bertz CT molecular complexity index is 476. The fourth-order valence-corrected chi connectivity index (χ4v) is 0.898. The Kier molecular flexibility index (Phi) is 11.0. The summed E-state index contributed by atoms with van der Waals surface area (Å²) < 4.78 is 4.79. The SMILES string of the molecule is CC#CC#CC#C/C=C/C=C/CCCOC(C)=O. The normalized spacial score (nSPS) is 8.78. The first-order valence-corrected chi connectivity index (χ1v) is 5.64. The van der Waals surface area contributed by atoms with Gasteiger partial charge in [0.15, 0.2) is 0 Å². The van der Waals surface area contributed by atoms with Crippen LogP contribution in [0, 0.1) is 35.5 Å². The Morgan fingerprint density at radius 3 is 2.67 bits per heavy atom. The molecule has 0 aromatic rings. The lowest BCUT2D eigenvalue weighted by atomic mass is 10.3. The van der Waals surface area contributed by atoms with Crippen LogP contribution >= 0.6 is 0 Å². The van der Waals surface area contributed by atoms with Crippen molar-refractivity contribution in [3.05, 3.63) is 24.3 Å². The summed E-state index contributed by atoms with van der Waals surface area (Å²) in [5, 5.41) is 0. The summed E-state index contributed by atoms with van der Waals surface area (Å²) in [6, 6.07) is 0. The van der Waals surface area contributed by atoms with Crippen molar-refractivity contribution in [2.45, 2.75) is 26.7 Å². The zero-order valence-electron chi connectivity index (χ0n) is 10.7. The number of carbonyl (C=O) groups excluding carboxylic acids is 1. The second-order valence-electron chi connectivity index (χ2n) is 3.16. The molecule has 0 N–H and O–H groups in total. The zero-order chi connectivity index (χ0) is 13.5. The summed E-state index contributed by atoms with van der Waals surface area (Å²) in [5.41, 5.74) is 0. The average molecular weight is 240 g/mol. The molecule has 0 radical (unpaired) electrons. The van der Waals surface area contributed by atoms with Gasteiger partial charge in [0, 0.05) is 6.92 Å². The minimum Gasteiger partial charge on any atom is -0.466 e. The Morgan fingerprint density at radius 2 is 1.94 bits per heavy atom. The molecule has 0 amide bonds. The lowest BCUT2D eigenvalue weighted by molar-refractivity contribution is -0.141. The molecule has 0 unspecified atom stereocenters. The molecule has 0 heterocycles. The number of unbranched alkanes of at least 4 members (excludes halogenated alkanes) is 1. The summed E-state index contributed by atoms with van der Waals surface area (Å²) in [4.78, 5) is 10.5. The second-order valence-corrected chi connectivity index (χ2v) is 3.16. The van der Waals surface area contributed by atoms with Gasteiger partial charge in [0.25, 0.3) is 0 Å². The van der Waals surface area contributed by atoms with Gasteiger partial charge in [-0.1, -0.05) is 30.1 Å². The van der Waals surface area contributed by atoms with Gasteiger partial charge in [-0.25, -0.2) is 0 Å². The molecule has 0 aliphatic rings. The number of esters is 1. The van der Waals surface area contributed by atoms with E-state index in [0.29, 0.717) is 6.61 Å². The fraction of sp³-hybridized carbons (Fsp3) is 0.312. The first kappa shape index (κ1) is 15.6. The molecule has 0 bridgehead atoms. The molecule has 18 heavy (non-hydrogen) atoms. The summed E-state index contributed by atoms with van der Waals surface area (Å²) in [6.45, 7) is 3.61. The third kappa shape index (κ3) is 13.6. The van der Waals surface area contributed by atoms with Crippen LogP contribution in [-0.4, -0.2) is 12.6 Å². The lowest BCUT2D eigenvalue weighted by Gasteiger charge is -1.97. The summed E-state index contributed by atoms with van der Waals surface area (Å²) in [6.07, 6.45) is 9.16. The summed E-state index contributed by atoms with van der Waals surface area (Å²) in [5.74, 6) is 15.6. The molecule has 0 rings (SSSR count). The first-order chi connectivity index (χ1) is 8.77. The van der Waals surface area contributed by atoms with Crippen molar-refractivity contribution in [3.63, 3.8) is 0 Å². The predicted octanol–water partition coefficient (Wildman–Crippen LogP) is 2.47. The van der Waals surface area contributed by atoms with Crippen molar-refractivity contribution >= 4 is 5.97 Å². The molecule has 0 saturated heterocycles. The number of ether oxygens (including phenoxy) is 1. The van der Waals surface area contributed by atoms with Crippen LogP contribution in [0.3, 0.4) is 0 Å². The van der Waals surface area contributed by atoms with Gasteiger partial charge in [-0.3, -0.25) is 4.79 Å².